The summed E-state index contributed by atoms with van der Waals surface area (Å²) in [6.07, 6.45) is -4.81. The van der Waals surface area contributed by atoms with E-state index >= 15 is 0 Å². The van der Waals surface area contributed by atoms with E-state index in [0.717, 1.165) is 3.79 Å². The van der Waals surface area contributed by atoms with Crippen molar-refractivity contribution < 1.29 is 18.0 Å². The normalized spacial score (nSPS) is 11.4. The van der Waals surface area contributed by atoms with Crippen LogP contribution in [0.15, 0.2) is 15.9 Å². The quantitative estimate of drug-likeness (QED) is 0.890. The molecule has 1 heterocycles. The molecule has 0 aliphatic rings. The van der Waals surface area contributed by atoms with Gasteiger partial charge in [-0.1, -0.05) is 0 Å². The number of rotatable bonds is 2. The summed E-state index contributed by atoms with van der Waals surface area (Å²) in [6, 6.07) is 3.35. The van der Waals surface area contributed by atoms with Gasteiger partial charge >= 0.3 is 12.1 Å². The Kier molecular flexibility index (Phi) is 3.54. The molecule has 0 aromatic carbocycles. The van der Waals surface area contributed by atoms with Crippen LogP contribution >= 0.6 is 27.3 Å². The van der Waals surface area contributed by atoms with Gasteiger partial charge in [0, 0.05) is 4.88 Å². The molecule has 1 N–H and O–H groups in total. The van der Waals surface area contributed by atoms with Crippen LogP contribution in [0.2, 0.25) is 0 Å². The van der Waals surface area contributed by atoms with E-state index in [1.807, 2.05) is 0 Å². The van der Waals surface area contributed by atoms with Crippen molar-refractivity contribution in [1.82, 2.24) is 5.32 Å². The predicted molar refractivity (Wildman–Crippen MR) is 49.9 cm³/mol. The number of hydrogen-bond acceptors (Lipinski definition) is 2. The first-order chi connectivity index (χ1) is 6.39. The molecule has 0 saturated heterocycles. The third kappa shape index (κ3) is 3.30. The van der Waals surface area contributed by atoms with Crippen molar-refractivity contribution in [1.29, 1.82) is 0 Å². The maximum atomic E-state index is 11.7. The first-order valence-electron chi connectivity index (χ1n) is 3.49. The second-order valence-electron chi connectivity index (χ2n) is 2.39. The Morgan fingerprint density at radius 3 is 2.57 bits per heavy atom. The van der Waals surface area contributed by atoms with Crippen molar-refractivity contribution in [2.45, 2.75) is 12.7 Å². The van der Waals surface area contributed by atoms with Gasteiger partial charge in [0.05, 0.1) is 10.3 Å². The summed E-state index contributed by atoms with van der Waals surface area (Å²) in [5.41, 5.74) is 0. The van der Waals surface area contributed by atoms with Crippen LogP contribution in [0, 0.1) is 0 Å². The maximum absolute atomic E-state index is 11.7. The molecule has 14 heavy (non-hydrogen) atoms. The van der Waals surface area contributed by atoms with Crippen molar-refractivity contribution in [3.05, 3.63) is 20.8 Å². The third-order valence-corrected chi connectivity index (χ3v) is 2.93. The van der Waals surface area contributed by atoms with Crippen molar-refractivity contribution in [2.24, 2.45) is 0 Å². The first-order valence-corrected chi connectivity index (χ1v) is 5.10. The average Bonchev–Trinajstić information content (AvgIpc) is 2.45. The molecule has 78 valence electrons. The molecule has 0 aliphatic heterocycles. The van der Waals surface area contributed by atoms with Gasteiger partial charge in [0.25, 0.3) is 0 Å². The van der Waals surface area contributed by atoms with Gasteiger partial charge in [-0.3, -0.25) is 4.79 Å². The molecule has 0 spiro atoms. The van der Waals surface area contributed by atoms with Gasteiger partial charge in [-0.25, -0.2) is 0 Å². The summed E-state index contributed by atoms with van der Waals surface area (Å²) in [4.78, 5) is 11.1. The van der Waals surface area contributed by atoms with E-state index in [0.29, 0.717) is 4.88 Å². The van der Waals surface area contributed by atoms with Gasteiger partial charge in [-0.05, 0) is 28.1 Å². The highest BCUT2D eigenvalue weighted by Crippen LogP contribution is 2.22. The molecular formula is C7H5BrF3NOS. The Labute approximate surface area is 90.2 Å². The van der Waals surface area contributed by atoms with Gasteiger partial charge in [0.1, 0.15) is 0 Å². The number of hydrogen-bond donors (Lipinski definition) is 1. The van der Waals surface area contributed by atoms with E-state index in [1.54, 1.807) is 17.4 Å². The van der Waals surface area contributed by atoms with Crippen molar-refractivity contribution in [3.63, 3.8) is 0 Å². The van der Waals surface area contributed by atoms with E-state index in [-0.39, 0.29) is 6.54 Å². The zero-order valence-corrected chi connectivity index (χ0v) is 9.09. The predicted octanol–water partition coefficient (Wildman–Crippen LogP) is 2.69. The van der Waals surface area contributed by atoms with Gasteiger partial charge in [0.2, 0.25) is 0 Å². The Hall–Kier alpha value is -0.560. The lowest BCUT2D eigenvalue weighted by atomic mass is 10.4. The Morgan fingerprint density at radius 1 is 1.50 bits per heavy atom. The highest BCUT2D eigenvalue weighted by molar-refractivity contribution is 9.11. The van der Waals surface area contributed by atoms with E-state index in [4.69, 9.17) is 0 Å². The number of amides is 1. The van der Waals surface area contributed by atoms with Crippen LogP contribution in [0.5, 0.6) is 0 Å². The Morgan fingerprint density at radius 2 is 2.14 bits per heavy atom. The van der Waals surface area contributed by atoms with Crippen molar-refractivity contribution in [2.75, 3.05) is 0 Å². The van der Waals surface area contributed by atoms with Crippen LogP contribution in [-0.2, 0) is 11.3 Å². The minimum Gasteiger partial charge on any atom is -0.343 e. The topological polar surface area (TPSA) is 29.1 Å². The lowest BCUT2D eigenvalue weighted by molar-refractivity contribution is -0.173. The van der Waals surface area contributed by atoms with Crippen LogP contribution in [-0.4, -0.2) is 12.1 Å². The zero-order chi connectivity index (χ0) is 10.8. The molecule has 1 aromatic rings. The molecule has 1 aromatic heterocycles. The summed E-state index contributed by atoms with van der Waals surface area (Å²) < 4.78 is 36.0. The minimum atomic E-state index is -4.81. The number of carbonyl (C=O) groups is 1. The molecule has 0 aliphatic carbocycles. The lowest BCUT2D eigenvalue weighted by Crippen LogP contribution is -2.36. The van der Waals surface area contributed by atoms with E-state index in [2.05, 4.69) is 15.9 Å². The second kappa shape index (κ2) is 4.31. The largest absolute Gasteiger partial charge is 0.471 e. The van der Waals surface area contributed by atoms with Crippen LogP contribution in [0.3, 0.4) is 0 Å². The molecule has 0 radical (unpaired) electrons. The molecular weight excluding hydrogens is 283 g/mol. The number of carbonyl (C=O) groups excluding carboxylic acids is 1. The molecule has 0 atom stereocenters. The van der Waals surface area contributed by atoms with Crippen LogP contribution in [0.1, 0.15) is 4.88 Å². The first kappa shape index (κ1) is 11.5. The van der Waals surface area contributed by atoms with Gasteiger partial charge in [0.15, 0.2) is 0 Å². The Balaban J connectivity index is 2.46. The SMILES string of the molecule is O=C(NCc1ccc(Br)s1)C(F)(F)F. The highest BCUT2D eigenvalue weighted by atomic mass is 79.9. The average molecular weight is 288 g/mol. The van der Waals surface area contributed by atoms with Gasteiger partial charge in [-0.2, -0.15) is 13.2 Å². The standard InChI is InChI=1S/C7H5BrF3NOS/c8-5-2-1-4(14-5)3-12-6(13)7(9,10)11/h1-2H,3H2,(H,12,13). The monoisotopic (exact) mass is 287 g/mol. The van der Waals surface area contributed by atoms with Crippen LogP contribution in [0.4, 0.5) is 13.2 Å². The molecule has 0 fully saturated rings. The number of nitrogens with one attached hydrogen (secondary N) is 1. The van der Waals surface area contributed by atoms with E-state index < -0.39 is 12.1 Å². The Bertz CT molecular complexity index is 336. The fourth-order valence-electron chi connectivity index (χ4n) is 0.714. The summed E-state index contributed by atoms with van der Waals surface area (Å²) in [5.74, 6) is -1.91. The van der Waals surface area contributed by atoms with Crippen LogP contribution < -0.4 is 5.32 Å². The maximum Gasteiger partial charge on any atom is 0.471 e. The van der Waals surface area contributed by atoms with Gasteiger partial charge < -0.3 is 5.32 Å². The number of alkyl halides is 3. The summed E-state index contributed by atoms with van der Waals surface area (Å²) in [5, 5.41) is 1.78. The third-order valence-electron chi connectivity index (χ3n) is 1.31. The molecule has 0 saturated carbocycles. The molecule has 0 unspecified atom stereocenters. The van der Waals surface area contributed by atoms with Crippen molar-refractivity contribution in [3.8, 4) is 0 Å². The summed E-state index contributed by atoms with van der Waals surface area (Å²) >= 11 is 4.44. The van der Waals surface area contributed by atoms with Crippen LogP contribution in [0.25, 0.3) is 0 Å². The van der Waals surface area contributed by atoms with E-state index in [1.165, 1.54) is 11.3 Å². The molecule has 1 amide bonds. The summed E-state index contributed by atoms with van der Waals surface area (Å²) in [7, 11) is 0. The highest BCUT2D eigenvalue weighted by Gasteiger charge is 2.38. The minimum absolute atomic E-state index is 0.103. The number of halogens is 4. The van der Waals surface area contributed by atoms with Gasteiger partial charge in [-0.15, -0.1) is 11.3 Å². The fraction of sp³-hybridized carbons (Fsp3) is 0.286. The smallest absolute Gasteiger partial charge is 0.343 e. The lowest BCUT2D eigenvalue weighted by Gasteiger charge is -2.05. The second-order valence-corrected chi connectivity index (χ2v) is 4.93. The summed E-state index contributed by atoms with van der Waals surface area (Å²) in [6.45, 7) is -0.103. The molecule has 7 heteroatoms. The van der Waals surface area contributed by atoms with E-state index in [9.17, 15) is 18.0 Å². The zero-order valence-electron chi connectivity index (χ0n) is 6.69. The number of thiophene rings is 1. The van der Waals surface area contributed by atoms with Crippen molar-refractivity contribution >= 4 is 33.2 Å². The fourth-order valence-corrected chi connectivity index (χ4v) is 2.14. The molecule has 0 bridgehead atoms. The molecule has 2 nitrogen and oxygen atoms in total. The molecule has 1 rings (SSSR count).